The number of carbonyl (C=O) groups is 1. The molecule has 0 aliphatic carbocycles. The molecule has 6 rings (SSSR count). The Labute approximate surface area is 228 Å². The van der Waals surface area contributed by atoms with Crippen molar-refractivity contribution >= 4 is 38.6 Å². The van der Waals surface area contributed by atoms with E-state index in [9.17, 15) is 4.79 Å². The fraction of sp³-hybridized carbons (Fsp3) is 0.133. The van der Waals surface area contributed by atoms with Crippen LogP contribution in [0.2, 0.25) is 0 Å². The number of hydrogen-bond donors (Lipinski definition) is 0. The molecule has 3 aromatic carbocycles. The number of imidazole rings is 1. The van der Waals surface area contributed by atoms with Crippen molar-refractivity contribution in [3.05, 3.63) is 113 Å². The standard InChI is InChI=1S/C30H24BrN5O2/c1-38-24-12-8-21(9-13-24)28-18-26(20-6-10-23(31)11-7-20)34-36(28)29(37)19-35-27-5-3-2-4-25(27)33-30(35)22-14-16-32-17-15-22/h2-17,28H,18-19H2,1H3. The van der Waals surface area contributed by atoms with E-state index in [1.807, 2.05) is 89.5 Å². The van der Waals surface area contributed by atoms with E-state index >= 15 is 0 Å². The molecule has 1 aliphatic rings. The summed E-state index contributed by atoms with van der Waals surface area (Å²) in [6.07, 6.45) is 4.08. The van der Waals surface area contributed by atoms with Gasteiger partial charge in [0.15, 0.2) is 0 Å². The molecule has 38 heavy (non-hydrogen) atoms. The van der Waals surface area contributed by atoms with Crippen molar-refractivity contribution < 1.29 is 9.53 Å². The number of nitrogens with zero attached hydrogens (tertiary/aromatic N) is 5. The molecular weight excluding hydrogens is 542 g/mol. The van der Waals surface area contributed by atoms with Crippen LogP contribution in [0, 0.1) is 0 Å². The monoisotopic (exact) mass is 565 g/mol. The molecule has 0 N–H and O–H groups in total. The van der Waals surface area contributed by atoms with Gasteiger partial charge >= 0.3 is 0 Å². The van der Waals surface area contributed by atoms with Crippen LogP contribution in [0.4, 0.5) is 0 Å². The van der Waals surface area contributed by atoms with Gasteiger partial charge in [-0.15, -0.1) is 0 Å². The molecule has 0 radical (unpaired) electrons. The Hall–Kier alpha value is -4.30. The Kier molecular flexibility index (Phi) is 6.47. The predicted octanol–water partition coefficient (Wildman–Crippen LogP) is 6.25. The fourth-order valence-electron chi connectivity index (χ4n) is 4.81. The maximum Gasteiger partial charge on any atom is 0.263 e. The number of methoxy groups -OCH3 is 1. The van der Waals surface area contributed by atoms with Gasteiger partial charge in [0.1, 0.15) is 18.1 Å². The average molecular weight is 566 g/mol. The number of fused-ring (bicyclic) bond motifs is 1. The van der Waals surface area contributed by atoms with E-state index in [-0.39, 0.29) is 18.5 Å². The molecule has 5 aromatic rings. The minimum atomic E-state index is -0.230. The number of pyridine rings is 1. The van der Waals surface area contributed by atoms with E-state index in [0.717, 1.165) is 49.5 Å². The highest BCUT2D eigenvalue weighted by Crippen LogP contribution is 2.35. The van der Waals surface area contributed by atoms with Gasteiger partial charge < -0.3 is 9.30 Å². The van der Waals surface area contributed by atoms with Gasteiger partial charge in [-0.1, -0.05) is 52.3 Å². The largest absolute Gasteiger partial charge is 0.497 e. The molecule has 188 valence electrons. The number of rotatable bonds is 6. The molecule has 0 bridgehead atoms. The molecule has 1 aliphatic heterocycles. The molecular formula is C30H24BrN5O2. The molecule has 2 aromatic heterocycles. The summed E-state index contributed by atoms with van der Waals surface area (Å²) in [5.74, 6) is 1.38. The lowest BCUT2D eigenvalue weighted by Gasteiger charge is -2.23. The third-order valence-corrected chi connectivity index (χ3v) is 7.26. The SMILES string of the molecule is COc1ccc(C2CC(c3ccc(Br)cc3)=NN2C(=O)Cn2c(-c3ccncc3)nc3ccccc32)cc1. The van der Waals surface area contributed by atoms with Crippen LogP contribution >= 0.6 is 15.9 Å². The number of para-hydroxylation sites is 2. The van der Waals surface area contributed by atoms with Gasteiger partial charge in [0.2, 0.25) is 0 Å². The number of carbonyl (C=O) groups excluding carboxylic acids is 1. The van der Waals surface area contributed by atoms with E-state index in [4.69, 9.17) is 14.8 Å². The van der Waals surface area contributed by atoms with Crippen molar-refractivity contribution in [2.75, 3.05) is 7.11 Å². The zero-order valence-corrected chi connectivity index (χ0v) is 22.2. The van der Waals surface area contributed by atoms with Crippen molar-refractivity contribution in [2.24, 2.45) is 5.10 Å². The van der Waals surface area contributed by atoms with Crippen molar-refractivity contribution in [1.82, 2.24) is 19.5 Å². The highest BCUT2D eigenvalue weighted by atomic mass is 79.9. The summed E-state index contributed by atoms with van der Waals surface area (Å²) in [6.45, 7) is 0.0991. The van der Waals surface area contributed by atoms with Crippen molar-refractivity contribution in [1.29, 1.82) is 0 Å². The van der Waals surface area contributed by atoms with Gasteiger partial charge in [-0.05, 0) is 59.7 Å². The molecule has 8 heteroatoms. The van der Waals surface area contributed by atoms with Crippen LogP contribution in [-0.2, 0) is 11.3 Å². The minimum Gasteiger partial charge on any atom is -0.497 e. The Morgan fingerprint density at radius 1 is 0.947 bits per heavy atom. The second-order valence-electron chi connectivity index (χ2n) is 9.03. The molecule has 0 saturated heterocycles. The number of amides is 1. The number of benzene rings is 3. The quantitative estimate of drug-likeness (QED) is 0.244. The van der Waals surface area contributed by atoms with Crippen molar-refractivity contribution in [2.45, 2.75) is 19.0 Å². The third kappa shape index (κ3) is 4.59. The molecule has 7 nitrogen and oxygen atoms in total. The van der Waals surface area contributed by atoms with Gasteiger partial charge in [0.05, 0.1) is 29.9 Å². The maximum absolute atomic E-state index is 14.0. The zero-order chi connectivity index (χ0) is 26.1. The summed E-state index contributed by atoms with van der Waals surface area (Å²) in [5, 5.41) is 6.49. The lowest BCUT2D eigenvalue weighted by Crippen LogP contribution is -2.30. The number of hydrazone groups is 1. The van der Waals surface area contributed by atoms with E-state index in [2.05, 4.69) is 20.9 Å². The van der Waals surface area contributed by atoms with E-state index in [0.29, 0.717) is 6.42 Å². The van der Waals surface area contributed by atoms with Gasteiger partial charge in [-0.2, -0.15) is 5.10 Å². The first-order valence-electron chi connectivity index (χ1n) is 12.3. The summed E-state index contributed by atoms with van der Waals surface area (Å²) in [6, 6.07) is 27.3. The topological polar surface area (TPSA) is 72.6 Å². The van der Waals surface area contributed by atoms with Crippen molar-refractivity contribution in [3.8, 4) is 17.1 Å². The van der Waals surface area contributed by atoms with Gasteiger partial charge in [-0.3, -0.25) is 9.78 Å². The summed E-state index contributed by atoms with van der Waals surface area (Å²) < 4.78 is 8.30. The lowest BCUT2D eigenvalue weighted by molar-refractivity contribution is -0.133. The first kappa shape index (κ1) is 24.1. The highest BCUT2D eigenvalue weighted by molar-refractivity contribution is 9.10. The Morgan fingerprint density at radius 3 is 2.42 bits per heavy atom. The second kappa shape index (κ2) is 10.2. The Bertz CT molecular complexity index is 1630. The molecule has 1 atom stereocenters. The Morgan fingerprint density at radius 2 is 1.68 bits per heavy atom. The second-order valence-corrected chi connectivity index (χ2v) is 9.95. The van der Waals surface area contributed by atoms with Crippen LogP contribution in [0.3, 0.4) is 0 Å². The predicted molar refractivity (Wildman–Crippen MR) is 151 cm³/mol. The van der Waals surface area contributed by atoms with Gasteiger partial charge in [0.25, 0.3) is 5.91 Å². The average Bonchev–Trinajstić information content (AvgIpc) is 3.57. The van der Waals surface area contributed by atoms with Crippen LogP contribution in [0.15, 0.2) is 107 Å². The summed E-state index contributed by atoms with van der Waals surface area (Å²) in [5.41, 5.74) is 5.49. The van der Waals surface area contributed by atoms with Crippen LogP contribution in [0.1, 0.15) is 23.6 Å². The summed E-state index contributed by atoms with van der Waals surface area (Å²) in [4.78, 5) is 23.0. The maximum atomic E-state index is 14.0. The number of aromatic nitrogens is 3. The minimum absolute atomic E-state index is 0.0991. The first-order chi connectivity index (χ1) is 18.6. The van der Waals surface area contributed by atoms with Crippen LogP contribution in [0.25, 0.3) is 22.4 Å². The first-order valence-corrected chi connectivity index (χ1v) is 13.0. The zero-order valence-electron chi connectivity index (χ0n) is 20.7. The molecule has 1 unspecified atom stereocenters. The molecule has 3 heterocycles. The third-order valence-electron chi connectivity index (χ3n) is 6.73. The molecule has 1 amide bonds. The van der Waals surface area contributed by atoms with Crippen LogP contribution in [0.5, 0.6) is 5.75 Å². The van der Waals surface area contributed by atoms with E-state index in [1.165, 1.54) is 0 Å². The van der Waals surface area contributed by atoms with E-state index in [1.54, 1.807) is 24.5 Å². The van der Waals surface area contributed by atoms with Gasteiger partial charge in [-0.25, -0.2) is 9.99 Å². The number of hydrogen-bond acceptors (Lipinski definition) is 5. The number of ether oxygens (including phenoxy) is 1. The lowest BCUT2D eigenvalue weighted by atomic mass is 9.98. The highest BCUT2D eigenvalue weighted by Gasteiger charge is 2.33. The van der Waals surface area contributed by atoms with E-state index < -0.39 is 0 Å². The fourth-order valence-corrected chi connectivity index (χ4v) is 5.07. The van der Waals surface area contributed by atoms with Gasteiger partial charge in [0, 0.05) is 28.9 Å². The smallest absolute Gasteiger partial charge is 0.263 e. The van der Waals surface area contributed by atoms with Crippen LogP contribution in [-0.4, -0.2) is 38.3 Å². The van der Waals surface area contributed by atoms with Crippen LogP contribution < -0.4 is 4.74 Å². The molecule has 0 spiro atoms. The Balaban J connectivity index is 1.39. The van der Waals surface area contributed by atoms with Crippen molar-refractivity contribution in [3.63, 3.8) is 0 Å². The summed E-state index contributed by atoms with van der Waals surface area (Å²) >= 11 is 3.50. The summed E-state index contributed by atoms with van der Waals surface area (Å²) in [7, 11) is 1.64. The normalized spacial score (nSPS) is 15.1. The number of halogens is 1. The molecule has 0 saturated carbocycles. The molecule has 0 fully saturated rings.